The van der Waals surface area contributed by atoms with E-state index in [4.69, 9.17) is 14.2 Å². The van der Waals surface area contributed by atoms with Crippen molar-refractivity contribution < 1.29 is 36.6 Å². The molecule has 1 saturated heterocycles. The summed E-state index contributed by atoms with van der Waals surface area (Å²) in [6.45, 7) is 10.6. The normalized spacial score (nSPS) is 16.5. The first kappa shape index (κ1) is 34.4. The molecule has 3 heterocycles. The predicted molar refractivity (Wildman–Crippen MR) is 176 cm³/mol. The van der Waals surface area contributed by atoms with Crippen LogP contribution in [0.1, 0.15) is 66.5 Å². The van der Waals surface area contributed by atoms with Gasteiger partial charge in [-0.05, 0) is 94.1 Å². The van der Waals surface area contributed by atoms with Crippen molar-refractivity contribution in [1.29, 1.82) is 0 Å². The number of aryl methyl sites for hydroxylation is 2. The van der Waals surface area contributed by atoms with Gasteiger partial charge in [0.25, 0.3) is 0 Å². The maximum absolute atomic E-state index is 14.2. The van der Waals surface area contributed by atoms with E-state index in [-0.39, 0.29) is 18.1 Å². The van der Waals surface area contributed by atoms with Crippen LogP contribution < -0.4 is 4.74 Å². The van der Waals surface area contributed by atoms with Gasteiger partial charge < -0.3 is 14.2 Å². The standard InChI is InChI=1S/C35H37FN4O7S/c1-19-11-23(14-25(36)12-19)30-21(3)40(34(42)46-30)18-29-28(17-38-33(39-29)48(8,43)44)27-15-24(16-37-31(27)45-7)26-10-9-22(13-20(26)2)32(41)47-35(4,5)6/h9-17,21,30H,18H2,1-8H3/t21-,30-/m0/s1. The van der Waals surface area contributed by atoms with Crippen molar-refractivity contribution >= 4 is 21.9 Å². The molecular formula is C35H37FN4O7S. The smallest absolute Gasteiger partial charge is 0.411 e. The number of esters is 1. The predicted octanol–water partition coefficient (Wildman–Crippen LogP) is 6.41. The van der Waals surface area contributed by atoms with Gasteiger partial charge in [0, 0.05) is 35.3 Å². The van der Waals surface area contributed by atoms with Crippen molar-refractivity contribution in [3.63, 3.8) is 0 Å². The molecule has 13 heteroatoms. The molecule has 11 nitrogen and oxygen atoms in total. The summed E-state index contributed by atoms with van der Waals surface area (Å²) in [7, 11) is -2.38. The summed E-state index contributed by atoms with van der Waals surface area (Å²) in [6.07, 6.45) is 2.54. The fourth-order valence-electron chi connectivity index (χ4n) is 5.58. The molecule has 0 saturated carbocycles. The van der Waals surface area contributed by atoms with Gasteiger partial charge in [0.05, 0.1) is 31.0 Å². The minimum absolute atomic E-state index is 0.151. The molecule has 4 aromatic rings. The zero-order valence-electron chi connectivity index (χ0n) is 28.0. The Morgan fingerprint density at radius 2 is 1.75 bits per heavy atom. The average Bonchev–Trinajstić information content (AvgIpc) is 3.27. The molecule has 0 unspecified atom stereocenters. The number of sulfone groups is 1. The van der Waals surface area contributed by atoms with E-state index in [0.29, 0.717) is 33.4 Å². The van der Waals surface area contributed by atoms with Gasteiger partial charge in [-0.1, -0.05) is 12.1 Å². The van der Waals surface area contributed by atoms with Gasteiger partial charge in [0.1, 0.15) is 17.5 Å². The first-order chi connectivity index (χ1) is 22.4. The van der Waals surface area contributed by atoms with E-state index in [1.807, 2.05) is 6.92 Å². The Balaban J connectivity index is 1.56. The van der Waals surface area contributed by atoms with E-state index >= 15 is 0 Å². The third-order valence-corrected chi connectivity index (χ3v) is 8.65. The summed E-state index contributed by atoms with van der Waals surface area (Å²) < 4.78 is 56.1. The number of nitrogens with zero attached hydrogens (tertiary/aromatic N) is 4. The minimum atomic E-state index is -3.83. The number of hydrogen-bond donors (Lipinski definition) is 0. The maximum atomic E-state index is 14.2. The largest absolute Gasteiger partial charge is 0.481 e. The van der Waals surface area contributed by atoms with Crippen molar-refractivity contribution in [2.75, 3.05) is 13.4 Å². The van der Waals surface area contributed by atoms with Crippen molar-refractivity contribution in [2.45, 2.75) is 71.0 Å². The third-order valence-electron chi connectivity index (χ3n) is 7.79. The van der Waals surface area contributed by atoms with Crippen molar-refractivity contribution in [1.82, 2.24) is 19.9 Å². The molecule has 1 aliphatic heterocycles. The molecule has 1 fully saturated rings. The number of aromatic nitrogens is 3. The highest BCUT2D eigenvalue weighted by atomic mass is 32.2. The topological polar surface area (TPSA) is 138 Å². The van der Waals surface area contributed by atoms with Gasteiger partial charge in [-0.2, -0.15) is 0 Å². The van der Waals surface area contributed by atoms with Crippen molar-refractivity contribution in [2.24, 2.45) is 0 Å². The Labute approximate surface area is 279 Å². The maximum Gasteiger partial charge on any atom is 0.411 e. The number of hydrogen-bond acceptors (Lipinski definition) is 10. The van der Waals surface area contributed by atoms with E-state index in [1.54, 1.807) is 71.1 Å². The lowest BCUT2D eigenvalue weighted by Gasteiger charge is -2.22. The van der Waals surface area contributed by atoms with Crippen LogP contribution >= 0.6 is 0 Å². The molecular weight excluding hydrogens is 639 g/mol. The van der Waals surface area contributed by atoms with Crippen LogP contribution in [0.4, 0.5) is 9.18 Å². The number of halogens is 1. The lowest BCUT2D eigenvalue weighted by atomic mass is 9.96. The molecule has 1 aliphatic rings. The molecule has 2 aromatic carbocycles. The number of benzene rings is 2. The molecule has 0 aliphatic carbocycles. The van der Waals surface area contributed by atoms with Crippen LogP contribution in [0.2, 0.25) is 0 Å². The van der Waals surface area contributed by atoms with E-state index < -0.39 is 50.6 Å². The minimum Gasteiger partial charge on any atom is -0.481 e. The van der Waals surface area contributed by atoms with E-state index in [0.717, 1.165) is 17.4 Å². The van der Waals surface area contributed by atoms with Crippen LogP contribution in [0.15, 0.2) is 60.0 Å². The highest BCUT2D eigenvalue weighted by Gasteiger charge is 2.40. The highest BCUT2D eigenvalue weighted by molar-refractivity contribution is 7.90. The Hall–Kier alpha value is -4.91. The molecule has 5 rings (SSSR count). The van der Waals surface area contributed by atoms with Gasteiger partial charge in [-0.3, -0.25) is 4.90 Å². The Bertz CT molecular complexity index is 2010. The average molecular weight is 677 g/mol. The summed E-state index contributed by atoms with van der Waals surface area (Å²) >= 11 is 0. The number of carbonyl (C=O) groups excluding carboxylic acids is 2. The molecule has 0 N–H and O–H groups in total. The van der Waals surface area contributed by atoms with Crippen LogP contribution in [-0.2, 0) is 25.9 Å². The van der Waals surface area contributed by atoms with E-state index in [9.17, 15) is 22.4 Å². The number of ether oxygens (including phenoxy) is 3. The summed E-state index contributed by atoms with van der Waals surface area (Å²) in [5, 5.41) is -0.421. The number of cyclic esters (lactones) is 1. The number of pyridine rings is 1. The number of methoxy groups -OCH3 is 1. The van der Waals surface area contributed by atoms with Gasteiger partial charge in [-0.15, -0.1) is 0 Å². The first-order valence-electron chi connectivity index (χ1n) is 15.1. The second-order valence-corrected chi connectivity index (χ2v) is 14.7. The number of rotatable bonds is 8. The van der Waals surface area contributed by atoms with Crippen LogP contribution in [0.3, 0.4) is 0 Å². The van der Waals surface area contributed by atoms with E-state index in [1.165, 1.54) is 30.3 Å². The van der Waals surface area contributed by atoms with Gasteiger partial charge >= 0.3 is 12.1 Å². The first-order valence-corrected chi connectivity index (χ1v) is 17.0. The molecule has 0 spiro atoms. The fourth-order valence-corrected chi connectivity index (χ4v) is 6.10. The fraction of sp³-hybridized carbons (Fsp3) is 0.343. The van der Waals surface area contributed by atoms with E-state index in [2.05, 4.69) is 15.0 Å². The zero-order chi connectivity index (χ0) is 35.1. The van der Waals surface area contributed by atoms with Crippen LogP contribution in [0.25, 0.3) is 22.3 Å². The second kappa shape index (κ2) is 12.9. The van der Waals surface area contributed by atoms with Gasteiger partial charge in [0.2, 0.25) is 20.9 Å². The summed E-state index contributed by atoms with van der Waals surface area (Å²) in [4.78, 5) is 40.3. The SMILES string of the molecule is COc1ncc(-c2ccc(C(=O)OC(C)(C)C)cc2C)cc1-c1cnc(S(C)(=O)=O)nc1CN1C(=O)O[C@H](c2cc(C)cc(F)c2)[C@@H]1C. The molecule has 2 aromatic heterocycles. The number of carbonyl (C=O) groups is 2. The summed E-state index contributed by atoms with van der Waals surface area (Å²) in [5.74, 6) is -0.677. The quantitative estimate of drug-likeness (QED) is 0.152. The van der Waals surface area contributed by atoms with Crippen LogP contribution in [-0.4, -0.2) is 65.3 Å². The molecule has 1 amide bonds. The zero-order valence-corrected chi connectivity index (χ0v) is 28.8. The lowest BCUT2D eigenvalue weighted by molar-refractivity contribution is 0.00693. The Morgan fingerprint density at radius 1 is 1.02 bits per heavy atom. The Morgan fingerprint density at radius 3 is 2.38 bits per heavy atom. The molecule has 0 radical (unpaired) electrons. The second-order valence-electron chi connectivity index (χ2n) is 12.8. The van der Waals surface area contributed by atoms with Gasteiger partial charge in [0.15, 0.2) is 0 Å². The number of amides is 1. The van der Waals surface area contributed by atoms with Crippen LogP contribution in [0.5, 0.6) is 5.88 Å². The molecule has 48 heavy (non-hydrogen) atoms. The third kappa shape index (κ3) is 7.30. The molecule has 2 atom stereocenters. The van der Waals surface area contributed by atoms with Crippen LogP contribution in [0, 0.1) is 19.7 Å². The lowest BCUT2D eigenvalue weighted by Crippen LogP contribution is -2.32. The highest BCUT2D eigenvalue weighted by Crippen LogP contribution is 2.38. The summed E-state index contributed by atoms with van der Waals surface area (Å²) in [5.41, 5.74) is 4.20. The van der Waals surface area contributed by atoms with Gasteiger partial charge in [-0.25, -0.2) is 37.3 Å². The molecule has 0 bridgehead atoms. The van der Waals surface area contributed by atoms with Crippen molar-refractivity contribution in [3.05, 3.63) is 88.6 Å². The monoisotopic (exact) mass is 676 g/mol. The van der Waals surface area contributed by atoms with Crippen molar-refractivity contribution in [3.8, 4) is 28.1 Å². The molecule has 252 valence electrons. The Kier molecular flexibility index (Phi) is 9.28. The summed E-state index contributed by atoms with van der Waals surface area (Å²) in [6, 6.07) is 10.9.